The molecule has 1 rings (SSSR count). The van der Waals surface area contributed by atoms with Gasteiger partial charge in [0.15, 0.2) is 0 Å². The van der Waals surface area contributed by atoms with E-state index in [-0.39, 0.29) is 31.1 Å². The van der Waals surface area contributed by atoms with Gasteiger partial charge in [-0.2, -0.15) is 12.5 Å². The maximum atomic E-state index is 5.67. The summed E-state index contributed by atoms with van der Waals surface area (Å²) in [5, 5.41) is 0.750. The molecule has 0 aliphatic heterocycles. The van der Waals surface area contributed by atoms with Crippen molar-refractivity contribution in [2.24, 2.45) is 0 Å². The van der Waals surface area contributed by atoms with Gasteiger partial charge in [0.25, 0.3) is 0 Å². The summed E-state index contributed by atoms with van der Waals surface area (Å²) < 4.78 is 1.15. The summed E-state index contributed by atoms with van der Waals surface area (Å²) in [6.45, 7) is 3.79. The van der Waals surface area contributed by atoms with Crippen molar-refractivity contribution in [1.82, 2.24) is 0 Å². The average Bonchev–Trinajstić information content (AvgIpc) is 1.80. The third-order valence-electron chi connectivity index (χ3n) is 1.01. The smallest absolute Gasteiger partial charge is 0.198 e. The van der Waals surface area contributed by atoms with Gasteiger partial charge in [-0.3, -0.25) is 0 Å². The van der Waals surface area contributed by atoms with Gasteiger partial charge < -0.3 is 0 Å². The van der Waals surface area contributed by atoms with Crippen molar-refractivity contribution in [3.63, 3.8) is 0 Å². The van der Waals surface area contributed by atoms with E-state index in [1.807, 2.05) is 18.2 Å². The van der Waals surface area contributed by atoms with E-state index >= 15 is 0 Å². The van der Waals surface area contributed by atoms with Gasteiger partial charge in [0.1, 0.15) is 0 Å². The molecule has 0 bridgehead atoms. The summed E-state index contributed by atoms with van der Waals surface area (Å²) in [6, 6.07) is 5.66. The van der Waals surface area contributed by atoms with E-state index in [9.17, 15) is 0 Å². The second-order valence-electron chi connectivity index (χ2n) is 1.74. The summed E-state index contributed by atoms with van der Waals surface area (Å²) >= 11 is 7.89. The molecule has 1 aromatic carbocycles. The van der Waals surface area contributed by atoms with Gasteiger partial charge in [-0.1, -0.05) is 21.2 Å². The molecule has 0 nitrogen and oxygen atoms in total. The van der Waals surface area contributed by atoms with Crippen LogP contribution in [0.4, 0.5) is 0 Å². The van der Waals surface area contributed by atoms with Gasteiger partial charge >= 0.3 is 31.1 Å². The molecule has 0 fully saturated rings. The molecule has 0 spiro atoms. The van der Waals surface area contributed by atoms with Crippen LogP contribution in [-0.2, 0) is 0 Å². The van der Waals surface area contributed by atoms with Gasteiger partial charge in [0.05, 0.1) is 0 Å². The zero-order chi connectivity index (χ0) is 6.85. The maximum Gasteiger partial charge on any atom is 2.00 e. The molecule has 0 saturated heterocycles. The molecule has 0 N–H and O–H groups in total. The Morgan fingerprint density at radius 1 is 1.40 bits per heavy atom. The molecule has 0 aliphatic carbocycles. The van der Waals surface area contributed by atoms with Crippen LogP contribution in [0.2, 0.25) is 5.02 Å². The Balaban J connectivity index is 0.000000810. The third kappa shape index (κ3) is 3.04. The van der Waals surface area contributed by atoms with Crippen LogP contribution in [0.5, 0.6) is 0 Å². The molecule has 0 saturated carbocycles. The number of halogens is 2. The molecule has 0 unspecified atom stereocenters. The Morgan fingerprint density at radius 2 is 2.00 bits per heavy atom. The molecule has 50 valence electrons. The van der Waals surface area contributed by atoms with E-state index in [0.29, 0.717) is 0 Å². The fourth-order valence-corrected chi connectivity index (χ4v) is 1.07. The molecule has 0 aromatic heterocycles. The fourth-order valence-electron chi connectivity index (χ4n) is 0.543. The largest absolute Gasteiger partial charge is 2.00 e. The van der Waals surface area contributed by atoms with Crippen LogP contribution in [0.25, 0.3) is 0 Å². The van der Waals surface area contributed by atoms with Crippen LogP contribution in [0.3, 0.4) is 0 Å². The molecule has 0 amide bonds. The summed E-state index contributed by atoms with van der Waals surface area (Å²) in [5.74, 6) is 0. The molecule has 10 heavy (non-hydrogen) atoms. The second kappa shape index (κ2) is 4.92. The summed E-state index contributed by atoms with van der Waals surface area (Å²) in [4.78, 5) is 0. The quantitative estimate of drug-likeness (QED) is 0.388. The fraction of sp³-hybridized carbons (Fsp3) is 0. The predicted molar refractivity (Wildman–Crippen MR) is 48.6 cm³/mol. The van der Waals surface area contributed by atoms with Crippen molar-refractivity contribution in [2.45, 2.75) is 0 Å². The van der Waals surface area contributed by atoms with Crippen molar-refractivity contribution in [3.05, 3.63) is 39.3 Å². The topological polar surface area (TPSA) is 0 Å². The number of hydrogen-bond donors (Lipinski definition) is 0. The van der Waals surface area contributed by atoms with E-state index in [2.05, 4.69) is 29.5 Å². The number of rotatable bonds is 0. The molecular weight excluding hydrogens is 484 g/mol. The van der Waals surface area contributed by atoms with Crippen LogP contribution >= 0.6 is 34.2 Å². The van der Waals surface area contributed by atoms with Crippen molar-refractivity contribution < 1.29 is 31.1 Å². The Kier molecular flexibility index (Phi) is 5.50. The predicted octanol–water partition coefficient (Wildman–Crippen LogP) is 3.13. The van der Waals surface area contributed by atoms with Crippen molar-refractivity contribution >= 4 is 34.2 Å². The second-order valence-corrected chi connectivity index (χ2v) is 3.33. The van der Waals surface area contributed by atoms with Gasteiger partial charge in [-0.15, -0.1) is 34.7 Å². The van der Waals surface area contributed by atoms with E-state index in [1.54, 1.807) is 0 Å². The monoisotopic (exact) mass is 489 g/mol. The minimum absolute atomic E-state index is 0. The van der Waals surface area contributed by atoms with Gasteiger partial charge in [-0.25, -0.2) is 0 Å². The summed E-state index contributed by atoms with van der Waals surface area (Å²) in [7, 11) is 0. The zero-order valence-corrected chi connectivity index (χ0v) is 12.3. The van der Waals surface area contributed by atoms with Gasteiger partial charge in [-0.05, 0) is 5.02 Å². The Hall–Kier alpha value is 1.16. The number of hydrogen-bond acceptors (Lipinski definition) is 0. The molecule has 0 radical (unpaired) electrons. The minimum atomic E-state index is 0. The molecular formula is C7H5ClIU+. The van der Waals surface area contributed by atoms with E-state index in [4.69, 9.17) is 11.6 Å². The summed E-state index contributed by atoms with van der Waals surface area (Å²) in [5.41, 5.74) is 0.989. The Bertz CT molecular complexity index is 225. The molecule has 0 atom stereocenters. The first-order chi connectivity index (χ1) is 4.20. The molecule has 0 heterocycles. The Labute approximate surface area is 103 Å². The first-order valence-electron chi connectivity index (χ1n) is 2.47. The van der Waals surface area contributed by atoms with Crippen LogP contribution in [-0.4, -0.2) is 0 Å². The van der Waals surface area contributed by atoms with Crippen molar-refractivity contribution in [3.8, 4) is 0 Å². The van der Waals surface area contributed by atoms with Crippen LogP contribution in [0.15, 0.2) is 18.2 Å². The third-order valence-corrected chi connectivity index (χ3v) is 2.30. The zero-order valence-electron chi connectivity index (χ0n) is 5.20. The standard InChI is InChI=1S/C7H5ClI.U/c1-5-4-6(8)2-3-7(5)9;/h2-4H,1H2;/q-1;+2. The maximum absolute atomic E-state index is 5.67. The van der Waals surface area contributed by atoms with Crippen molar-refractivity contribution in [1.29, 1.82) is 0 Å². The van der Waals surface area contributed by atoms with Crippen LogP contribution in [0, 0.1) is 41.6 Å². The molecule has 0 aliphatic rings. The summed E-state index contributed by atoms with van der Waals surface area (Å²) in [6.07, 6.45) is 0. The average molecular weight is 490 g/mol. The molecule has 3 heteroatoms. The van der Waals surface area contributed by atoms with Crippen LogP contribution < -0.4 is 0 Å². The van der Waals surface area contributed by atoms with Crippen LogP contribution in [0.1, 0.15) is 5.56 Å². The minimum Gasteiger partial charge on any atom is -0.198 e. The Morgan fingerprint density at radius 3 is 2.40 bits per heavy atom. The SMILES string of the molecule is [CH2-]c1cc(Cl)ccc1I.[U+2]. The van der Waals surface area contributed by atoms with Crippen molar-refractivity contribution in [2.75, 3.05) is 0 Å². The van der Waals surface area contributed by atoms with Gasteiger partial charge in [0.2, 0.25) is 0 Å². The van der Waals surface area contributed by atoms with E-state index in [0.717, 1.165) is 14.2 Å². The van der Waals surface area contributed by atoms with E-state index in [1.165, 1.54) is 0 Å². The molecule has 1 aromatic rings. The van der Waals surface area contributed by atoms with E-state index < -0.39 is 0 Å². The number of benzene rings is 1. The normalized spacial score (nSPS) is 8.60. The first kappa shape index (κ1) is 11.2. The first-order valence-corrected chi connectivity index (χ1v) is 3.93. The van der Waals surface area contributed by atoms with Gasteiger partial charge in [0, 0.05) is 0 Å².